The van der Waals surface area contributed by atoms with E-state index in [1.807, 2.05) is 0 Å². The first-order chi connectivity index (χ1) is 17.5. The number of rotatable bonds is 4. The molecule has 0 spiro atoms. The maximum atomic E-state index is 13.6. The smallest absolute Gasteiger partial charge is 0.202 e. The number of ether oxygens (including phenoxy) is 3. The summed E-state index contributed by atoms with van der Waals surface area (Å²) in [6, 6.07) is 3.61. The van der Waals surface area contributed by atoms with Crippen molar-refractivity contribution in [2.24, 2.45) is 5.73 Å². The SMILES string of the molecule is COc1cccc2c1C(=O)c1c(O)c3c(c(O)c1C2=O)C[C@@](O)(C(C)=O)C[C@@H]3OC1CC(N)C(O)=CO1. The molecule has 5 rings (SSSR count). The van der Waals surface area contributed by atoms with Crippen molar-refractivity contribution in [1.82, 2.24) is 0 Å². The number of fused-ring (bicyclic) bond motifs is 3. The number of hydrogen-bond donors (Lipinski definition) is 5. The highest BCUT2D eigenvalue weighted by Gasteiger charge is 2.49. The summed E-state index contributed by atoms with van der Waals surface area (Å²) in [6.07, 6.45) is -2.05. The Bertz CT molecular complexity index is 1400. The number of phenolic OH excluding ortho intramolecular Hbond substituents is 2. The van der Waals surface area contributed by atoms with Crippen molar-refractivity contribution in [2.45, 2.75) is 50.2 Å². The van der Waals surface area contributed by atoms with Crippen LogP contribution in [-0.2, 0) is 20.7 Å². The molecule has 0 saturated carbocycles. The second-order valence-electron chi connectivity index (χ2n) is 9.42. The van der Waals surface area contributed by atoms with Gasteiger partial charge in [0.25, 0.3) is 0 Å². The molecule has 4 atom stereocenters. The van der Waals surface area contributed by atoms with Crippen LogP contribution >= 0.6 is 0 Å². The molecule has 2 aliphatic carbocycles. The van der Waals surface area contributed by atoms with E-state index in [0.29, 0.717) is 0 Å². The minimum atomic E-state index is -2.01. The molecule has 0 aromatic heterocycles. The molecule has 6 N–H and O–H groups in total. The molecular formula is C26H25NO10. The van der Waals surface area contributed by atoms with Gasteiger partial charge in [0.1, 0.15) is 34.9 Å². The number of aliphatic hydroxyl groups is 2. The fourth-order valence-electron chi connectivity index (χ4n) is 5.19. The molecule has 0 radical (unpaired) electrons. The Labute approximate surface area is 210 Å². The lowest BCUT2D eigenvalue weighted by atomic mass is 9.72. The number of carbonyl (C=O) groups excluding carboxylic acids is 3. The van der Waals surface area contributed by atoms with Gasteiger partial charge in [-0.1, -0.05) is 12.1 Å². The molecule has 0 amide bonds. The Morgan fingerprint density at radius 1 is 1.11 bits per heavy atom. The monoisotopic (exact) mass is 511 g/mol. The van der Waals surface area contributed by atoms with Crippen LogP contribution in [0, 0.1) is 0 Å². The quantitative estimate of drug-likeness (QED) is 0.321. The Balaban J connectivity index is 1.70. The highest BCUT2D eigenvalue weighted by Crippen LogP contribution is 2.52. The first-order valence-corrected chi connectivity index (χ1v) is 11.5. The largest absolute Gasteiger partial charge is 0.507 e. The molecule has 2 aromatic carbocycles. The van der Waals surface area contributed by atoms with E-state index in [1.54, 1.807) is 0 Å². The van der Waals surface area contributed by atoms with Gasteiger partial charge in [-0.25, -0.2) is 0 Å². The normalized spacial score (nSPS) is 26.4. The van der Waals surface area contributed by atoms with Crippen LogP contribution in [0.1, 0.15) is 68.8 Å². The number of ketones is 3. The first-order valence-electron chi connectivity index (χ1n) is 11.5. The number of aromatic hydroxyl groups is 2. The summed E-state index contributed by atoms with van der Waals surface area (Å²) in [7, 11) is 1.33. The highest BCUT2D eigenvalue weighted by atomic mass is 16.7. The topological polar surface area (TPSA) is 186 Å². The zero-order chi connectivity index (χ0) is 26.8. The maximum Gasteiger partial charge on any atom is 0.202 e. The summed E-state index contributed by atoms with van der Waals surface area (Å²) in [5, 5.41) is 43.5. The van der Waals surface area contributed by atoms with Crippen molar-refractivity contribution in [3.05, 3.63) is 63.6 Å². The lowest BCUT2D eigenvalue weighted by molar-refractivity contribution is -0.179. The van der Waals surface area contributed by atoms with Crippen LogP contribution in [0.15, 0.2) is 30.2 Å². The van der Waals surface area contributed by atoms with E-state index in [-0.39, 0.29) is 46.6 Å². The third-order valence-corrected chi connectivity index (χ3v) is 7.21. The molecule has 2 unspecified atom stereocenters. The van der Waals surface area contributed by atoms with E-state index in [9.17, 15) is 34.8 Å². The lowest BCUT2D eigenvalue weighted by Gasteiger charge is -2.40. The number of phenols is 2. The third kappa shape index (κ3) is 3.66. The van der Waals surface area contributed by atoms with Crippen LogP contribution in [0.5, 0.6) is 17.2 Å². The summed E-state index contributed by atoms with van der Waals surface area (Å²) < 4.78 is 16.6. The Morgan fingerprint density at radius 3 is 2.46 bits per heavy atom. The van der Waals surface area contributed by atoms with E-state index >= 15 is 0 Å². The Hall–Kier alpha value is -3.93. The van der Waals surface area contributed by atoms with Gasteiger partial charge in [-0.05, 0) is 13.0 Å². The highest BCUT2D eigenvalue weighted by molar-refractivity contribution is 6.31. The molecular weight excluding hydrogens is 486 g/mol. The zero-order valence-corrected chi connectivity index (χ0v) is 20.0. The lowest BCUT2D eigenvalue weighted by Crippen LogP contribution is -2.46. The van der Waals surface area contributed by atoms with Crippen molar-refractivity contribution in [3.8, 4) is 17.2 Å². The molecule has 0 bridgehead atoms. The minimum Gasteiger partial charge on any atom is -0.507 e. The van der Waals surface area contributed by atoms with Gasteiger partial charge in [-0.3, -0.25) is 14.4 Å². The van der Waals surface area contributed by atoms with E-state index in [0.717, 1.165) is 6.26 Å². The van der Waals surface area contributed by atoms with Gasteiger partial charge in [0.2, 0.25) is 12.1 Å². The Morgan fingerprint density at radius 2 is 1.81 bits per heavy atom. The van der Waals surface area contributed by atoms with Crippen LogP contribution in [-0.4, -0.2) is 62.8 Å². The molecule has 11 heteroatoms. The van der Waals surface area contributed by atoms with Gasteiger partial charge in [-0.2, -0.15) is 0 Å². The average molecular weight is 511 g/mol. The molecule has 1 heterocycles. The summed E-state index contributed by atoms with van der Waals surface area (Å²) in [5.74, 6) is -3.43. The van der Waals surface area contributed by atoms with Crippen molar-refractivity contribution in [3.63, 3.8) is 0 Å². The number of carbonyl (C=O) groups is 3. The molecule has 11 nitrogen and oxygen atoms in total. The number of nitrogens with two attached hydrogens (primary N) is 1. The average Bonchev–Trinajstić information content (AvgIpc) is 2.86. The van der Waals surface area contributed by atoms with Gasteiger partial charge in [-0.15, -0.1) is 0 Å². The minimum absolute atomic E-state index is 0.00629. The Kier molecular flexibility index (Phi) is 5.74. The summed E-state index contributed by atoms with van der Waals surface area (Å²) in [6.45, 7) is 1.17. The van der Waals surface area contributed by atoms with Gasteiger partial charge in [0, 0.05) is 36.0 Å². The van der Waals surface area contributed by atoms with Gasteiger partial charge >= 0.3 is 0 Å². The van der Waals surface area contributed by atoms with Crippen molar-refractivity contribution in [2.75, 3.05) is 7.11 Å². The number of Topliss-reactive ketones (excluding diaryl/α,β-unsaturated/α-hetero) is 1. The van der Waals surface area contributed by atoms with E-state index < -0.39 is 70.4 Å². The fraction of sp³-hybridized carbons (Fsp3) is 0.346. The van der Waals surface area contributed by atoms with Crippen LogP contribution in [0.4, 0.5) is 0 Å². The number of hydrogen-bond acceptors (Lipinski definition) is 11. The number of aliphatic hydroxyl groups excluding tert-OH is 1. The van der Waals surface area contributed by atoms with Crippen molar-refractivity contribution in [1.29, 1.82) is 0 Å². The predicted octanol–water partition coefficient (Wildman–Crippen LogP) is 1.68. The summed E-state index contributed by atoms with van der Waals surface area (Å²) in [4.78, 5) is 39.4. The maximum absolute atomic E-state index is 13.6. The number of methoxy groups -OCH3 is 1. The van der Waals surface area contributed by atoms with Gasteiger partial charge in [0.05, 0.1) is 35.9 Å². The second kappa shape index (κ2) is 8.58. The van der Waals surface area contributed by atoms with Crippen LogP contribution < -0.4 is 10.5 Å². The number of benzene rings is 2. The molecule has 0 fully saturated rings. The standard InChI is InChI=1S/C26H25NO10/c1-10(28)26(34)7-12-19(16(8-26)37-17-6-13(27)14(29)9-36-17)25(33)21-20(23(12)31)22(30)11-4-3-5-15(35-2)18(11)24(21)32/h3-5,9,13,16-17,29,31,33-34H,6-8,27H2,1-2H3/t13?,16-,17?,26-/m0/s1. The summed E-state index contributed by atoms with van der Waals surface area (Å²) >= 11 is 0. The molecule has 1 aliphatic heterocycles. The van der Waals surface area contributed by atoms with Gasteiger partial charge < -0.3 is 40.4 Å². The van der Waals surface area contributed by atoms with Gasteiger partial charge in [0.15, 0.2) is 11.6 Å². The van der Waals surface area contributed by atoms with Crippen molar-refractivity contribution < 1.29 is 49.0 Å². The second-order valence-corrected chi connectivity index (χ2v) is 9.42. The predicted molar refractivity (Wildman–Crippen MR) is 126 cm³/mol. The molecule has 0 saturated heterocycles. The third-order valence-electron chi connectivity index (χ3n) is 7.21. The fourth-order valence-corrected chi connectivity index (χ4v) is 5.19. The van der Waals surface area contributed by atoms with Crippen LogP contribution in [0.2, 0.25) is 0 Å². The molecule has 37 heavy (non-hydrogen) atoms. The molecule has 194 valence electrons. The van der Waals surface area contributed by atoms with E-state index in [1.165, 1.54) is 32.2 Å². The zero-order valence-electron chi connectivity index (χ0n) is 20.0. The van der Waals surface area contributed by atoms with Crippen LogP contribution in [0.3, 0.4) is 0 Å². The summed E-state index contributed by atoms with van der Waals surface area (Å²) in [5.41, 5.74) is 2.74. The first kappa shape index (κ1) is 24.8. The molecule has 2 aromatic rings. The van der Waals surface area contributed by atoms with Crippen molar-refractivity contribution >= 4 is 17.3 Å². The van der Waals surface area contributed by atoms with Crippen LogP contribution in [0.25, 0.3) is 0 Å². The van der Waals surface area contributed by atoms with E-state index in [2.05, 4.69) is 0 Å². The van der Waals surface area contributed by atoms with E-state index in [4.69, 9.17) is 19.9 Å². The molecule has 3 aliphatic rings.